The third-order valence-electron chi connectivity index (χ3n) is 7.09. The molecule has 1 aliphatic carbocycles. The van der Waals surface area contributed by atoms with Crippen LogP contribution in [0.4, 0.5) is 0 Å². The van der Waals surface area contributed by atoms with Gasteiger partial charge < -0.3 is 9.47 Å². The Morgan fingerprint density at radius 3 is 2.50 bits per heavy atom. The van der Waals surface area contributed by atoms with Gasteiger partial charge in [-0.25, -0.2) is 13.4 Å². The van der Waals surface area contributed by atoms with Crippen LogP contribution in [-0.2, 0) is 15.4 Å². The van der Waals surface area contributed by atoms with Gasteiger partial charge in [0.05, 0.1) is 30.1 Å². The number of fused-ring (bicyclic) bond motifs is 1. The molecule has 1 aromatic heterocycles. The molecular formula is C25H34N4O4S. The molecule has 2 saturated heterocycles. The zero-order valence-corrected chi connectivity index (χ0v) is 21.2. The van der Waals surface area contributed by atoms with Crippen LogP contribution in [0.5, 0.6) is 11.6 Å². The van der Waals surface area contributed by atoms with E-state index in [0.29, 0.717) is 42.1 Å². The molecule has 2 aliphatic heterocycles. The van der Waals surface area contributed by atoms with Gasteiger partial charge in [-0.2, -0.15) is 4.31 Å². The van der Waals surface area contributed by atoms with Crippen molar-refractivity contribution < 1.29 is 17.9 Å². The number of ether oxygens (including phenoxy) is 2. The van der Waals surface area contributed by atoms with E-state index in [0.717, 1.165) is 24.2 Å². The summed E-state index contributed by atoms with van der Waals surface area (Å²) in [6.45, 7) is 8.58. The highest BCUT2D eigenvalue weighted by atomic mass is 32.2. The molecule has 1 saturated carbocycles. The van der Waals surface area contributed by atoms with Crippen molar-refractivity contribution in [2.24, 2.45) is 0 Å². The summed E-state index contributed by atoms with van der Waals surface area (Å²) in [6.07, 6.45) is 6.70. The van der Waals surface area contributed by atoms with E-state index in [1.165, 1.54) is 12.8 Å². The van der Waals surface area contributed by atoms with E-state index in [9.17, 15) is 8.42 Å². The minimum absolute atomic E-state index is 0.0118. The molecule has 0 bridgehead atoms. The highest BCUT2D eigenvalue weighted by Crippen LogP contribution is 2.39. The number of rotatable bonds is 6. The molecule has 2 aromatic rings. The van der Waals surface area contributed by atoms with Crippen LogP contribution in [0.1, 0.15) is 57.2 Å². The Hall–Kier alpha value is -2.23. The lowest BCUT2D eigenvalue weighted by atomic mass is 9.86. The predicted molar refractivity (Wildman–Crippen MR) is 129 cm³/mol. The van der Waals surface area contributed by atoms with Crippen molar-refractivity contribution in [1.29, 1.82) is 0 Å². The average Bonchev–Trinajstić information content (AvgIpc) is 3.58. The van der Waals surface area contributed by atoms with Crippen LogP contribution in [0, 0.1) is 0 Å². The Morgan fingerprint density at radius 2 is 1.85 bits per heavy atom. The number of aromatic nitrogens is 2. The monoisotopic (exact) mass is 486 g/mol. The molecule has 2 atom stereocenters. The van der Waals surface area contributed by atoms with Crippen LogP contribution in [0.25, 0.3) is 0 Å². The molecule has 0 amide bonds. The van der Waals surface area contributed by atoms with E-state index in [1.807, 2.05) is 6.20 Å². The Labute approximate surface area is 202 Å². The molecule has 3 fully saturated rings. The van der Waals surface area contributed by atoms with Crippen LogP contribution in [-0.4, -0.2) is 73.0 Å². The lowest BCUT2D eigenvalue weighted by Crippen LogP contribution is -2.51. The van der Waals surface area contributed by atoms with Crippen LogP contribution >= 0.6 is 0 Å². The highest BCUT2D eigenvalue weighted by molar-refractivity contribution is 7.89. The van der Waals surface area contributed by atoms with Crippen LogP contribution in [0.2, 0.25) is 0 Å². The number of hydrogen-bond acceptors (Lipinski definition) is 7. The molecule has 1 aromatic carbocycles. The maximum absolute atomic E-state index is 13.5. The van der Waals surface area contributed by atoms with Gasteiger partial charge in [-0.3, -0.25) is 9.88 Å². The fourth-order valence-corrected chi connectivity index (χ4v) is 6.50. The van der Waals surface area contributed by atoms with Gasteiger partial charge in [-0.15, -0.1) is 0 Å². The molecule has 3 heterocycles. The molecule has 0 N–H and O–H groups in total. The lowest BCUT2D eigenvalue weighted by molar-refractivity contribution is 0.151. The van der Waals surface area contributed by atoms with E-state index < -0.39 is 10.0 Å². The van der Waals surface area contributed by atoms with Crippen molar-refractivity contribution in [3.63, 3.8) is 0 Å². The molecule has 0 unspecified atom stereocenters. The van der Waals surface area contributed by atoms with Crippen molar-refractivity contribution in [3.05, 3.63) is 41.9 Å². The maximum atomic E-state index is 13.5. The van der Waals surface area contributed by atoms with Crippen molar-refractivity contribution >= 4 is 10.0 Å². The third kappa shape index (κ3) is 4.65. The van der Waals surface area contributed by atoms with Gasteiger partial charge >= 0.3 is 0 Å². The van der Waals surface area contributed by atoms with E-state index >= 15 is 0 Å². The largest absolute Gasteiger partial charge is 0.496 e. The van der Waals surface area contributed by atoms with Gasteiger partial charge in [0.15, 0.2) is 0 Å². The molecule has 3 aliphatic rings. The van der Waals surface area contributed by atoms with Crippen molar-refractivity contribution in [2.45, 2.75) is 68.4 Å². The predicted octanol–water partition coefficient (Wildman–Crippen LogP) is 3.19. The topological polar surface area (TPSA) is 84.9 Å². The third-order valence-corrected chi connectivity index (χ3v) is 8.95. The Bertz CT molecular complexity index is 1140. The average molecular weight is 487 g/mol. The van der Waals surface area contributed by atoms with E-state index in [4.69, 9.17) is 9.47 Å². The summed E-state index contributed by atoms with van der Waals surface area (Å²) in [7, 11) is -1.99. The zero-order chi connectivity index (χ0) is 24.1. The fraction of sp³-hybridized carbons (Fsp3) is 0.600. The number of nitrogens with zero attached hydrogens (tertiary/aromatic N) is 4. The zero-order valence-electron chi connectivity index (χ0n) is 20.4. The van der Waals surface area contributed by atoms with Gasteiger partial charge in [-0.1, -0.05) is 20.8 Å². The maximum Gasteiger partial charge on any atom is 0.243 e. The summed E-state index contributed by atoms with van der Waals surface area (Å²) in [6, 6.07) is 5.32. The smallest absolute Gasteiger partial charge is 0.243 e. The van der Waals surface area contributed by atoms with E-state index in [2.05, 4.69) is 35.6 Å². The summed E-state index contributed by atoms with van der Waals surface area (Å²) in [4.78, 5) is 11.6. The van der Waals surface area contributed by atoms with Gasteiger partial charge in [-0.05, 0) is 36.5 Å². The van der Waals surface area contributed by atoms with Gasteiger partial charge in [0.1, 0.15) is 11.9 Å². The summed E-state index contributed by atoms with van der Waals surface area (Å²) < 4.78 is 40.3. The summed E-state index contributed by atoms with van der Waals surface area (Å²) in [5.74, 6) is 1.83. The first-order chi connectivity index (χ1) is 16.1. The normalized spacial score (nSPS) is 24.1. The van der Waals surface area contributed by atoms with Crippen LogP contribution < -0.4 is 9.47 Å². The minimum Gasteiger partial charge on any atom is -0.496 e. The van der Waals surface area contributed by atoms with E-state index in [1.54, 1.807) is 35.8 Å². The quantitative estimate of drug-likeness (QED) is 0.620. The number of piperazine rings is 1. The van der Waals surface area contributed by atoms with Crippen molar-refractivity contribution in [3.8, 4) is 11.6 Å². The van der Waals surface area contributed by atoms with Crippen molar-refractivity contribution in [1.82, 2.24) is 19.2 Å². The number of hydrogen-bond donors (Lipinski definition) is 0. The fourth-order valence-electron chi connectivity index (χ4n) is 5.00. The molecule has 8 nitrogen and oxygen atoms in total. The molecule has 9 heteroatoms. The van der Waals surface area contributed by atoms with Crippen molar-refractivity contribution in [2.75, 3.05) is 33.3 Å². The Kier molecular flexibility index (Phi) is 6.06. The summed E-state index contributed by atoms with van der Waals surface area (Å²) >= 11 is 0. The number of sulfonamides is 1. The second-order valence-corrected chi connectivity index (χ2v) is 12.6. The second kappa shape index (κ2) is 8.77. The second-order valence-electron chi connectivity index (χ2n) is 10.7. The Morgan fingerprint density at radius 1 is 1.06 bits per heavy atom. The highest BCUT2D eigenvalue weighted by Gasteiger charge is 2.41. The number of benzene rings is 1. The molecule has 34 heavy (non-hydrogen) atoms. The van der Waals surface area contributed by atoms with Gasteiger partial charge in [0.2, 0.25) is 15.9 Å². The van der Waals surface area contributed by atoms with Gasteiger partial charge in [0, 0.05) is 50.1 Å². The summed E-state index contributed by atoms with van der Waals surface area (Å²) in [5, 5.41) is 0. The van der Waals surface area contributed by atoms with E-state index in [-0.39, 0.29) is 17.6 Å². The molecule has 0 spiro atoms. The lowest BCUT2D eigenvalue weighted by Gasteiger charge is -2.36. The standard InChI is InChI=1S/C25H34N4O4S/c1-25(2,3)21-12-20(7-8-23(21)32-4)34(30,31)29-10-9-28-16-19(11-18(28)15-29)33-24-14-26-22(13-27-24)17-5-6-17/h7-8,12-14,17-19H,5-6,9-11,15-16H2,1-4H3/t18-,19+/m0/s1. The van der Waals surface area contributed by atoms with Crippen LogP contribution in [0.3, 0.4) is 0 Å². The Balaban J connectivity index is 1.26. The molecule has 5 rings (SSSR count). The SMILES string of the molecule is COc1ccc(S(=O)(=O)N2CCN3C[C@H](Oc4cnc(C5CC5)cn4)C[C@H]3C2)cc1C(C)(C)C. The molecule has 184 valence electrons. The van der Waals surface area contributed by atoms with Gasteiger partial charge in [0.25, 0.3) is 0 Å². The first kappa shape index (κ1) is 23.5. The first-order valence-corrected chi connectivity index (χ1v) is 13.5. The molecular weight excluding hydrogens is 452 g/mol. The first-order valence-electron chi connectivity index (χ1n) is 12.1. The minimum atomic E-state index is -3.60. The summed E-state index contributed by atoms with van der Waals surface area (Å²) in [5.41, 5.74) is 1.70. The number of methoxy groups -OCH3 is 1. The molecule has 0 radical (unpaired) electrons. The van der Waals surface area contributed by atoms with Crippen LogP contribution in [0.15, 0.2) is 35.5 Å².